The molecule has 1 aromatic carbocycles. The molecular formula is C15H16O. The average molecular weight is 212 g/mol. The van der Waals surface area contributed by atoms with Crippen molar-refractivity contribution in [2.45, 2.75) is 20.8 Å². The van der Waals surface area contributed by atoms with E-state index in [9.17, 15) is 4.79 Å². The molecule has 1 aromatic rings. The first-order valence-corrected chi connectivity index (χ1v) is 5.46. The van der Waals surface area contributed by atoms with Gasteiger partial charge in [0.25, 0.3) is 0 Å². The molecule has 16 heavy (non-hydrogen) atoms. The van der Waals surface area contributed by atoms with Crippen molar-refractivity contribution >= 4 is 11.4 Å². The van der Waals surface area contributed by atoms with E-state index in [0.717, 1.165) is 22.3 Å². The minimum absolute atomic E-state index is 0.131. The molecule has 0 heterocycles. The Morgan fingerprint density at radius 1 is 1.06 bits per heavy atom. The lowest BCUT2D eigenvalue weighted by Gasteiger charge is -2.26. The number of hydrogen-bond acceptors (Lipinski definition) is 1. The number of hydrogen-bond donors (Lipinski definition) is 0. The summed E-state index contributed by atoms with van der Waals surface area (Å²) in [7, 11) is 0. The highest BCUT2D eigenvalue weighted by atomic mass is 16.1. The molecule has 0 aromatic heterocycles. The molecule has 0 saturated carbocycles. The highest BCUT2D eigenvalue weighted by Gasteiger charge is 2.29. The third kappa shape index (κ3) is 1.63. The van der Waals surface area contributed by atoms with Gasteiger partial charge in [0.15, 0.2) is 5.78 Å². The van der Waals surface area contributed by atoms with Crippen molar-refractivity contribution in [3.63, 3.8) is 0 Å². The molecule has 0 aliphatic heterocycles. The van der Waals surface area contributed by atoms with Crippen LogP contribution in [0.5, 0.6) is 0 Å². The molecule has 1 heteroatoms. The highest BCUT2D eigenvalue weighted by Crippen LogP contribution is 2.36. The number of carbonyl (C=O) groups is 1. The Bertz CT molecular complexity index is 498. The van der Waals surface area contributed by atoms with E-state index in [0.29, 0.717) is 0 Å². The maximum atomic E-state index is 12.3. The van der Waals surface area contributed by atoms with E-state index in [1.807, 2.05) is 30.3 Å². The monoisotopic (exact) mass is 212 g/mol. The molecule has 82 valence electrons. The van der Waals surface area contributed by atoms with E-state index >= 15 is 0 Å². The standard InChI is InChI=1S/C15H16O/c1-10-9-13(15(2,3)4)14(16)12-8-6-5-7-11(10)12/h5-9H,1H2,2-4H3. The van der Waals surface area contributed by atoms with Crippen molar-refractivity contribution in [2.75, 3.05) is 0 Å². The van der Waals surface area contributed by atoms with Crippen molar-refractivity contribution in [3.8, 4) is 0 Å². The van der Waals surface area contributed by atoms with E-state index in [2.05, 4.69) is 27.4 Å². The van der Waals surface area contributed by atoms with Gasteiger partial charge < -0.3 is 0 Å². The van der Waals surface area contributed by atoms with Crippen molar-refractivity contribution in [2.24, 2.45) is 5.41 Å². The lowest BCUT2D eigenvalue weighted by molar-refractivity contribution is 0.101. The zero-order chi connectivity index (χ0) is 11.9. The summed E-state index contributed by atoms with van der Waals surface area (Å²) >= 11 is 0. The molecule has 0 fully saturated rings. The van der Waals surface area contributed by atoms with Gasteiger partial charge in [-0.05, 0) is 22.6 Å². The summed E-state index contributed by atoms with van der Waals surface area (Å²) in [5.74, 6) is 0.135. The SMILES string of the molecule is C=C1C=C(C(C)(C)C)C(=O)c2ccccc21. The van der Waals surface area contributed by atoms with Crippen molar-refractivity contribution in [3.05, 3.63) is 53.6 Å². The van der Waals surface area contributed by atoms with Crippen molar-refractivity contribution < 1.29 is 4.79 Å². The van der Waals surface area contributed by atoms with Crippen LogP contribution in [-0.2, 0) is 0 Å². The number of rotatable bonds is 0. The summed E-state index contributed by atoms with van der Waals surface area (Å²) in [5.41, 5.74) is 3.38. The molecule has 0 unspecified atom stereocenters. The molecular weight excluding hydrogens is 196 g/mol. The first-order valence-electron chi connectivity index (χ1n) is 5.46. The van der Waals surface area contributed by atoms with E-state index in [1.54, 1.807) is 0 Å². The molecule has 1 aliphatic carbocycles. The minimum atomic E-state index is -0.131. The van der Waals surface area contributed by atoms with Crippen LogP contribution < -0.4 is 0 Å². The van der Waals surface area contributed by atoms with Gasteiger partial charge in [-0.25, -0.2) is 0 Å². The summed E-state index contributed by atoms with van der Waals surface area (Å²) < 4.78 is 0. The fraction of sp³-hybridized carbons (Fsp3) is 0.267. The third-order valence-corrected chi connectivity index (χ3v) is 2.89. The zero-order valence-electron chi connectivity index (χ0n) is 10.0. The molecule has 0 atom stereocenters. The summed E-state index contributed by atoms with van der Waals surface area (Å²) in [6.45, 7) is 10.2. The Kier molecular flexibility index (Phi) is 2.34. The van der Waals surface area contributed by atoms with Crippen LogP contribution in [0.25, 0.3) is 5.57 Å². The van der Waals surface area contributed by atoms with Gasteiger partial charge in [-0.3, -0.25) is 4.79 Å². The Morgan fingerprint density at radius 2 is 1.62 bits per heavy atom. The lowest BCUT2D eigenvalue weighted by atomic mass is 9.76. The number of ketones is 1. The van der Waals surface area contributed by atoms with Crippen molar-refractivity contribution in [1.82, 2.24) is 0 Å². The predicted octanol–water partition coefficient (Wildman–Crippen LogP) is 3.87. The quantitative estimate of drug-likeness (QED) is 0.638. The second kappa shape index (κ2) is 3.44. The predicted molar refractivity (Wildman–Crippen MR) is 67.3 cm³/mol. The molecule has 0 radical (unpaired) electrons. The maximum absolute atomic E-state index is 12.3. The Hall–Kier alpha value is -1.63. The van der Waals surface area contributed by atoms with Gasteiger partial charge in [-0.1, -0.05) is 51.6 Å². The first kappa shape index (κ1) is 10.9. The van der Waals surface area contributed by atoms with E-state index < -0.39 is 0 Å². The fourth-order valence-corrected chi connectivity index (χ4v) is 1.98. The summed E-state index contributed by atoms with van der Waals surface area (Å²) in [6, 6.07) is 7.66. The molecule has 0 bridgehead atoms. The van der Waals surface area contributed by atoms with Gasteiger partial charge in [0, 0.05) is 11.1 Å². The maximum Gasteiger partial charge on any atom is 0.190 e. The smallest absolute Gasteiger partial charge is 0.190 e. The van der Waals surface area contributed by atoms with Crippen LogP contribution in [-0.4, -0.2) is 5.78 Å². The van der Waals surface area contributed by atoms with E-state index in [-0.39, 0.29) is 11.2 Å². The summed E-state index contributed by atoms with van der Waals surface area (Å²) in [6.07, 6.45) is 1.92. The number of Topliss-reactive ketones (excluding diaryl/α,β-unsaturated/α-hetero) is 1. The molecule has 1 aliphatic rings. The highest BCUT2D eigenvalue weighted by molar-refractivity contribution is 6.16. The van der Waals surface area contributed by atoms with Crippen LogP contribution in [0.2, 0.25) is 0 Å². The first-order chi connectivity index (χ1) is 7.41. The Morgan fingerprint density at radius 3 is 2.19 bits per heavy atom. The second-order valence-corrected chi connectivity index (χ2v) is 5.21. The Balaban J connectivity index is 2.61. The largest absolute Gasteiger partial charge is 0.289 e. The molecule has 1 nitrogen and oxygen atoms in total. The third-order valence-electron chi connectivity index (χ3n) is 2.89. The molecule has 0 spiro atoms. The fourth-order valence-electron chi connectivity index (χ4n) is 1.98. The van der Waals surface area contributed by atoms with Crippen LogP contribution >= 0.6 is 0 Å². The lowest BCUT2D eigenvalue weighted by Crippen LogP contribution is -2.22. The van der Waals surface area contributed by atoms with Crippen LogP contribution in [0.15, 0.2) is 42.5 Å². The van der Waals surface area contributed by atoms with Gasteiger partial charge in [0.2, 0.25) is 0 Å². The average Bonchev–Trinajstić information content (AvgIpc) is 2.22. The van der Waals surface area contributed by atoms with Gasteiger partial charge >= 0.3 is 0 Å². The molecule has 0 N–H and O–H groups in total. The van der Waals surface area contributed by atoms with Crippen LogP contribution in [0.3, 0.4) is 0 Å². The van der Waals surface area contributed by atoms with E-state index in [1.165, 1.54) is 0 Å². The minimum Gasteiger partial charge on any atom is -0.289 e. The second-order valence-electron chi connectivity index (χ2n) is 5.21. The van der Waals surface area contributed by atoms with Crippen LogP contribution in [0.4, 0.5) is 0 Å². The number of benzene rings is 1. The molecule has 0 amide bonds. The summed E-state index contributed by atoms with van der Waals surface area (Å²) in [5, 5.41) is 0. The van der Waals surface area contributed by atoms with Crippen LogP contribution in [0.1, 0.15) is 36.7 Å². The number of allylic oxidation sites excluding steroid dienone is 3. The van der Waals surface area contributed by atoms with Crippen LogP contribution in [0, 0.1) is 5.41 Å². The van der Waals surface area contributed by atoms with Gasteiger partial charge in [-0.2, -0.15) is 0 Å². The van der Waals surface area contributed by atoms with Gasteiger partial charge in [0.05, 0.1) is 0 Å². The van der Waals surface area contributed by atoms with Crippen molar-refractivity contribution in [1.29, 1.82) is 0 Å². The zero-order valence-corrected chi connectivity index (χ0v) is 10.0. The van der Waals surface area contributed by atoms with Gasteiger partial charge in [0.1, 0.15) is 0 Å². The van der Waals surface area contributed by atoms with E-state index in [4.69, 9.17) is 0 Å². The molecule has 2 rings (SSSR count). The molecule has 0 saturated heterocycles. The number of fused-ring (bicyclic) bond motifs is 1. The normalized spacial score (nSPS) is 15.8. The Labute approximate surface area is 96.5 Å². The topological polar surface area (TPSA) is 17.1 Å². The number of carbonyl (C=O) groups excluding carboxylic acids is 1. The van der Waals surface area contributed by atoms with Gasteiger partial charge in [-0.15, -0.1) is 0 Å². The summed E-state index contributed by atoms with van der Waals surface area (Å²) in [4.78, 5) is 12.3.